The summed E-state index contributed by atoms with van der Waals surface area (Å²) >= 11 is 9.17. The standard InChI is InChI=1S/C10H11BrClNO/c1-7(14)4-5-13-10-3-2-8(12)6-9(10)11/h2-3,6,13H,4-5H2,1H3. The molecule has 1 aromatic rings. The van der Waals surface area contributed by atoms with E-state index < -0.39 is 0 Å². The molecule has 0 aliphatic rings. The average molecular weight is 277 g/mol. The van der Waals surface area contributed by atoms with Crippen LogP contribution in [0.3, 0.4) is 0 Å². The van der Waals surface area contributed by atoms with Crippen LogP contribution >= 0.6 is 27.5 Å². The highest BCUT2D eigenvalue weighted by Gasteiger charge is 2.00. The molecule has 14 heavy (non-hydrogen) atoms. The molecule has 1 N–H and O–H groups in total. The van der Waals surface area contributed by atoms with Gasteiger partial charge in [-0.15, -0.1) is 0 Å². The topological polar surface area (TPSA) is 29.1 Å². The third kappa shape index (κ3) is 3.68. The van der Waals surface area contributed by atoms with Crippen molar-refractivity contribution in [3.63, 3.8) is 0 Å². The second-order valence-electron chi connectivity index (χ2n) is 3.00. The molecule has 0 atom stereocenters. The van der Waals surface area contributed by atoms with E-state index >= 15 is 0 Å². The van der Waals surface area contributed by atoms with Gasteiger partial charge in [-0.2, -0.15) is 0 Å². The molecule has 0 aliphatic heterocycles. The minimum atomic E-state index is 0.183. The zero-order valence-corrected chi connectivity index (χ0v) is 10.2. The predicted octanol–water partition coefficient (Wildman–Crippen LogP) is 3.49. The van der Waals surface area contributed by atoms with Gasteiger partial charge in [-0.25, -0.2) is 0 Å². The highest BCUT2D eigenvalue weighted by Crippen LogP contribution is 2.25. The quantitative estimate of drug-likeness (QED) is 0.912. The second kappa shape index (κ2) is 5.37. The third-order valence-corrected chi connectivity index (χ3v) is 2.61. The number of rotatable bonds is 4. The first-order chi connectivity index (χ1) is 6.59. The number of hydrogen-bond donors (Lipinski definition) is 1. The highest BCUT2D eigenvalue weighted by atomic mass is 79.9. The van der Waals surface area contributed by atoms with E-state index in [0.29, 0.717) is 18.0 Å². The van der Waals surface area contributed by atoms with Crippen LogP contribution in [-0.2, 0) is 4.79 Å². The van der Waals surface area contributed by atoms with Gasteiger partial charge in [0.25, 0.3) is 0 Å². The molecule has 0 bridgehead atoms. The minimum Gasteiger partial charge on any atom is -0.384 e. The number of anilines is 1. The van der Waals surface area contributed by atoms with E-state index in [1.165, 1.54) is 0 Å². The van der Waals surface area contributed by atoms with E-state index in [9.17, 15) is 4.79 Å². The van der Waals surface area contributed by atoms with Crippen molar-refractivity contribution >= 4 is 39.0 Å². The Morgan fingerprint density at radius 3 is 2.86 bits per heavy atom. The van der Waals surface area contributed by atoms with Gasteiger partial charge in [0, 0.05) is 28.1 Å². The first-order valence-corrected chi connectivity index (χ1v) is 5.45. The van der Waals surface area contributed by atoms with E-state index in [2.05, 4.69) is 21.2 Å². The van der Waals surface area contributed by atoms with Crippen molar-refractivity contribution in [1.29, 1.82) is 0 Å². The smallest absolute Gasteiger partial charge is 0.131 e. The van der Waals surface area contributed by atoms with Crippen molar-refractivity contribution in [3.05, 3.63) is 27.7 Å². The van der Waals surface area contributed by atoms with Crippen molar-refractivity contribution in [2.45, 2.75) is 13.3 Å². The molecule has 0 saturated heterocycles. The Labute approximate surface area is 96.8 Å². The summed E-state index contributed by atoms with van der Waals surface area (Å²) in [5.41, 5.74) is 0.954. The number of Topliss-reactive ketones (excluding diaryl/α,β-unsaturated/α-hetero) is 1. The normalized spacial score (nSPS) is 9.93. The summed E-state index contributed by atoms with van der Waals surface area (Å²) in [4.78, 5) is 10.7. The fourth-order valence-electron chi connectivity index (χ4n) is 1.01. The summed E-state index contributed by atoms with van der Waals surface area (Å²) in [6.07, 6.45) is 0.537. The Morgan fingerprint density at radius 2 is 2.29 bits per heavy atom. The summed E-state index contributed by atoms with van der Waals surface area (Å²) < 4.78 is 0.911. The Hall–Kier alpha value is -0.540. The molecule has 1 rings (SSSR count). The van der Waals surface area contributed by atoms with Crippen molar-refractivity contribution in [2.24, 2.45) is 0 Å². The molecule has 0 amide bonds. The number of carbonyl (C=O) groups is 1. The van der Waals surface area contributed by atoms with Gasteiger partial charge in [0.15, 0.2) is 0 Å². The van der Waals surface area contributed by atoms with E-state index in [-0.39, 0.29) is 5.78 Å². The molecule has 1 aromatic carbocycles. The number of nitrogens with one attached hydrogen (secondary N) is 1. The zero-order chi connectivity index (χ0) is 10.6. The molecule has 4 heteroatoms. The van der Waals surface area contributed by atoms with Gasteiger partial charge in [0.2, 0.25) is 0 Å². The molecular formula is C10H11BrClNO. The van der Waals surface area contributed by atoms with Crippen LogP contribution in [0, 0.1) is 0 Å². The number of hydrogen-bond acceptors (Lipinski definition) is 2. The van der Waals surface area contributed by atoms with Gasteiger partial charge >= 0.3 is 0 Å². The molecular weight excluding hydrogens is 265 g/mol. The maximum absolute atomic E-state index is 10.7. The van der Waals surface area contributed by atoms with Crippen LogP contribution in [0.1, 0.15) is 13.3 Å². The van der Waals surface area contributed by atoms with Gasteiger partial charge in [-0.3, -0.25) is 4.79 Å². The summed E-state index contributed by atoms with van der Waals surface area (Å²) in [7, 11) is 0. The van der Waals surface area contributed by atoms with Crippen LogP contribution in [0.15, 0.2) is 22.7 Å². The average Bonchev–Trinajstić information content (AvgIpc) is 2.08. The van der Waals surface area contributed by atoms with Crippen LogP contribution in [0.25, 0.3) is 0 Å². The van der Waals surface area contributed by atoms with Gasteiger partial charge in [0.1, 0.15) is 5.78 Å². The van der Waals surface area contributed by atoms with Crippen LogP contribution in [0.4, 0.5) is 5.69 Å². The van der Waals surface area contributed by atoms with Crippen molar-refractivity contribution in [2.75, 3.05) is 11.9 Å². The number of benzene rings is 1. The molecule has 2 nitrogen and oxygen atoms in total. The number of carbonyl (C=O) groups excluding carboxylic acids is 1. The molecule has 0 fully saturated rings. The molecule has 0 aromatic heterocycles. The highest BCUT2D eigenvalue weighted by molar-refractivity contribution is 9.10. The lowest BCUT2D eigenvalue weighted by Crippen LogP contribution is -2.06. The molecule has 0 heterocycles. The molecule has 0 spiro atoms. The van der Waals surface area contributed by atoms with E-state index in [0.717, 1.165) is 10.2 Å². The molecule has 0 radical (unpaired) electrons. The van der Waals surface area contributed by atoms with Crippen molar-refractivity contribution in [3.8, 4) is 0 Å². The second-order valence-corrected chi connectivity index (χ2v) is 4.29. The Bertz CT molecular complexity index is 341. The molecule has 0 saturated carbocycles. The first kappa shape index (κ1) is 11.5. The summed E-state index contributed by atoms with van der Waals surface area (Å²) in [6.45, 7) is 2.23. The van der Waals surface area contributed by atoms with Crippen molar-refractivity contribution in [1.82, 2.24) is 0 Å². The van der Waals surface area contributed by atoms with Gasteiger partial charge in [-0.1, -0.05) is 11.6 Å². The first-order valence-electron chi connectivity index (χ1n) is 4.28. The maximum atomic E-state index is 10.7. The van der Waals surface area contributed by atoms with Crippen LogP contribution in [0.2, 0.25) is 5.02 Å². The lowest BCUT2D eigenvalue weighted by molar-refractivity contribution is -0.116. The summed E-state index contributed by atoms with van der Waals surface area (Å²) in [6, 6.07) is 5.51. The van der Waals surface area contributed by atoms with E-state index in [1.54, 1.807) is 6.92 Å². The Kier molecular flexibility index (Phi) is 4.42. The predicted molar refractivity (Wildman–Crippen MR) is 62.9 cm³/mol. The molecule has 0 aliphatic carbocycles. The minimum absolute atomic E-state index is 0.183. The van der Waals surface area contributed by atoms with Crippen LogP contribution in [0.5, 0.6) is 0 Å². The van der Waals surface area contributed by atoms with E-state index in [4.69, 9.17) is 11.6 Å². The van der Waals surface area contributed by atoms with Gasteiger partial charge in [0.05, 0.1) is 0 Å². The number of ketones is 1. The Morgan fingerprint density at radius 1 is 1.57 bits per heavy atom. The molecule has 76 valence electrons. The van der Waals surface area contributed by atoms with Gasteiger partial charge < -0.3 is 5.32 Å². The summed E-state index contributed by atoms with van der Waals surface area (Å²) in [5.74, 6) is 0.183. The van der Waals surface area contributed by atoms with Crippen LogP contribution < -0.4 is 5.32 Å². The molecule has 0 unspecified atom stereocenters. The summed E-state index contributed by atoms with van der Waals surface area (Å²) in [5, 5.41) is 3.83. The fraction of sp³-hybridized carbons (Fsp3) is 0.300. The maximum Gasteiger partial charge on any atom is 0.131 e. The Balaban J connectivity index is 2.55. The van der Waals surface area contributed by atoms with Crippen LogP contribution in [-0.4, -0.2) is 12.3 Å². The SMILES string of the molecule is CC(=O)CCNc1ccc(Cl)cc1Br. The van der Waals surface area contributed by atoms with Crippen molar-refractivity contribution < 1.29 is 4.79 Å². The van der Waals surface area contributed by atoms with E-state index in [1.807, 2.05) is 18.2 Å². The van der Waals surface area contributed by atoms with Gasteiger partial charge in [-0.05, 0) is 41.1 Å². The lowest BCUT2D eigenvalue weighted by atomic mass is 10.3. The monoisotopic (exact) mass is 275 g/mol. The largest absolute Gasteiger partial charge is 0.384 e. The zero-order valence-electron chi connectivity index (χ0n) is 7.81. The third-order valence-electron chi connectivity index (χ3n) is 1.72. The number of halogens is 2. The lowest BCUT2D eigenvalue weighted by Gasteiger charge is -2.07. The fourth-order valence-corrected chi connectivity index (χ4v) is 1.83.